The van der Waals surface area contributed by atoms with Crippen LogP contribution >= 0.6 is 11.6 Å². The van der Waals surface area contributed by atoms with Gasteiger partial charge in [0.05, 0.1) is 6.07 Å². The average molecular weight is 215 g/mol. The summed E-state index contributed by atoms with van der Waals surface area (Å²) in [5.41, 5.74) is -0.650. The Hall–Kier alpha value is -0.750. The molecule has 0 aromatic carbocycles. The first-order valence-corrected chi connectivity index (χ1v) is 5.54. The molecule has 0 bridgehead atoms. The summed E-state index contributed by atoms with van der Waals surface area (Å²) < 4.78 is 0. The molecule has 0 heterocycles. The zero-order valence-electron chi connectivity index (χ0n) is 8.18. The third kappa shape index (κ3) is 2.88. The molecule has 0 saturated heterocycles. The van der Waals surface area contributed by atoms with Crippen LogP contribution in [0.3, 0.4) is 0 Å². The van der Waals surface area contributed by atoms with Gasteiger partial charge in [0.25, 0.3) is 0 Å². The number of carbonyl (C=O) groups is 1. The molecular weight excluding hydrogens is 200 g/mol. The first-order chi connectivity index (χ1) is 6.72. The van der Waals surface area contributed by atoms with Gasteiger partial charge in [-0.05, 0) is 12.8 Å². The van der Waals surface area contributed by atoms with Crippen molar-refractivity contribution in [1.82, 2.24) is 5.32 Å². The molecule has 4 heteroatoms. The normalized spacial score (nSPS) is 20.6. The molecule has 3 nitrogen and oxygen atoms in total. The summed E-state index contributed by atoms with van der Waals surface area (Å²) in [6.45, 7) is 0. The van der Waals surface area contributed by atoms with Gasteiger partial charge in [-0.15, -0.1) is 11.6 Å². The van der Waals surface area contributed by atoms with E-state index in [1.165, 1.54) is 0 Å². The van der Waals surface area contributed by atoms with Gasteiger partial charge in [-0.2, -0.15) is 5.26 Å². The van der Waals surface area contributed by atoms with E-state index in [4.69, 9.17) is 16.9 Å². The fourth-order valence-electron chi connectivity index (χ4n) is 1.90. The van der Waals surface area contributed by atoms with Crippen LogP contribution in [0.2, 0.25) is 0 Å². The monoisotopic (exact) mass is 214 g/mol. The molecule has 0 aromatic heterocycles. The van der Waals surface area contributed by atoms with Crippen molar-refractivity contribution in [3.63, 3.8) is 0 Å². The van der Waals surface area contributed by atoms with Crippen molar-refractivity contribution >= 4 is 17.5 Å². The molecule has 0 atom stereocenters. The van der Waals surface area contributed by atoms with Gasteiger partial charge < -0.3 is 5.32 Å². The maximum atomic E-state index is 11.2. The minimum atomic E-state index is -0.650. The van der Waals surface area contributed by atoms with Crippen molar-refractivity contribution in [1.29, 1.82) is 5.26 Å². The number of halogens is 1. The van der Waals surface area contributed by atoms with E-state index in [1.807, 2.05) is 0 Å². The van der Waals surface area contributed by atoms with E-state index in [-0.39, 0.29) is 11.8 Å². The van der Waals surface area contributed by atoms with Crippen molar-refractivity contribution in [2.24, 2.45) is 0 Å². The molecule has 0 aromatic rings. The SMILES string of the molecule is N#CC1(NC(=O)CCl)CCCCCC1. The lowest BCUT2D eigenvalue weighted by Crippen LogP contribution is -2.47. The van der Waals surface area contributed by atoms with Crippen LogP contribution in [-0.2, 0) is 4.79 Å². The van der Waals surface area contributed by atoms with Gasteiger partial charge >= 0.3 is 0 Å². The van der Waals surface area contributed by atoms with Crippen molar-refractivity contribution in [2.75, 3.05) is 5.88 Å². The second kappa shape index (κ2) is 5.21. The first kappa shape index (κ1) is 11.3. The Kier molecular flexibility index (Phi) is 4.21. The molecule has 78 valence electrons. The Balaban J connectivity index is 2.64. The van der Waals surface area contributed by atoms with Crippen LogP contribution < -0.4 is 5.32 Å². The van der Waals surface area contributed by atoms with Crippen LogP contribution in [-0.4, -0.2) is 17.3 Å². The third-order valence-electron chi connectivity index (χ3n) is 2.67. The van der Waals surface area contributed by atoms with Crippen molar-refractivity contribution in [2.45, 2.75) is 44.1 Å². The molecule has 1 aliphatic carbocycles. The zero-order chi connectivity index (χ0) is 10.4. The molecule has 0 aliphatic heterocycles. The molecule has 14 heavy (non-hydrogen) atoms. The van der Waals surface area contributed by atoms with Gasteiger partial charge in [0.15, 0.2) is 0 Å². The molecule has 1 amide bonds. The predicted octanol–water partition coefficient (Wildman–Crippen LogP) is 1.96. The van der Waals surface area contributed by atoms with Gasteiger partial charge in [-0.3, -0.25) is 4.79 Å². The molecule has 0 unspecified atom stereocenters. The average Bonchev–Trinajstić information content (AvgIpc) is 2.44. The number of amides is 1. The standard InChI is InChI=1S/C10H15ClN2O/c11-7-9(14)13-10(8-12)5-3-1-2-4-6-10/h1-7H2,(H,13,14). The van der Waals surface area contributed by atoms with Crippen LogP contribution in [0.4, 0.5) is 0 Å². The second-order valence-electron chi connectivity index (χ2n) is 3.79. The molecule has 0 spiro atoms. The highest BCUT2D eigenvalue weighted by molar-refractivity contribution is 6.27. The molecule has 0 radical (unpaired) electrons. The van der Waals surface area contributed by atoms with E-state index in [1.54, 1.807) is 0 Å². The number of nitrogens with zero attached hydrogens (tertiary/aromatic N) is 1. The number of nitriles is 1. The highest BCUT2D eigenvalue weighted by Crippen LogP contribution is 2.26. The Morgan fingerprint density at radius 2 is 1.93 bits per heavy atom. The largest absolute Gasteiger partial charge is 0.337 e. The first-order valence-electron chi connectivity index (χ1n) is 5.01. The molecule has 1 aliphatic rings. The lowest BCUT2D eigenvalue weighted by molar-refractivity contribution is -0.120. The molecule has 1 rings (SSSR count). The van der Waals surface area contributed by atoms with Gasteiger partial charge in [-0.1, -0.05) is 25.7 Å². The predicted molar refractivity (Wildman–Crippen MR) is 54.9 cm³/mol. The maximum absolute atomic E-state index is 11.2. The highest BCUT2D eigenvalue weighted by atomic mass is 35.5. The number of carbonyl (C=O) groups excluding carboxylic acids is 1. The lowest BCUT2D eigenvalue weighted by Gasteiger charge is -2.25. The Bertz CT molecular complexity index is 239. The van der Waals surface area contributed by atoms with Crippen molar-refractivity contribution < 1.29 is 4.79 Å². The van der Waals surface area contributed by atoms with E-state index in [9.17, 15) is 4.79 Å². The van der Waals surface area contributed by atoms with E-state index in [0.717, 1.165) is 38.5 Å². The molecule has 1 N–H and O–H groups in total. The van der Waals surface area contributed by atoms with E-state index in [0.29, 0.717) is 0 Å². The van der Waals surface area contributed by atoms with Crippen molar-refractivity contribution in [3.05, 3.63) is 0 Å². The summed E-state index contributed by atoms with van der Waals surface area (Å²) in [6.07, 6.45) is 5.84. The fourth-order valence-corrected chi connectivity index (χ4v) is 1.96. The zero-order valence-corrected chi connectivity index (χ0v) is 8.94. The fraction of sp³-hybridized carbons (Fsp3) is 0.800. The maximum Gasteiger partial charge on any atom is 0.236 e. The summed E-state index contributed by atoms with van der Waals surface area (Å²) in [7, 11) is 0. The number of rotatable bonds is 2. The number of hydrogen-bond donors (Lipinski definition) is 1. The van der Waals surface area contributed by atoms with E-state index in [2.05, 4.69) is 11.4 Å². The lowest BCUT2D eigenvalue weighted by atomic mass is 9.92. The number of nitrogens with one attached hydrogen (secondary N) is 1. The third-order valence-corrected chi connectivity index (χ3v) is 2.91. The minimum Gasteiger partial charge on any atom is -0.337 e. The van der Waals surface area contributed by atoms with E-state index < -0.39 is 5.54 Å². The quantitative estimate of drug-likeness (QED) is 0.564. The van der Waals surface area contributed by atoms with Crippen molar-refractivity contribution in [3.8, 4) is 6.07 Å². The van der Waals surface area contributed by atoms with Crippen LogP contribution in [0.1, 0.15) is 38.5 Å². The van der Waals surface area contributed by atoms with Crippen LogP contribution in [0.15, 0.2) is 0 Å². The molecule has 1 fully saturated rings. The topological polar surface area (TPSA) is 52.9 Å². The second-order valence-corrected chi connectivity index (χ2v) is 4.06. The van der Waals surface area contributed by atoms with E-state index >= 15 is 0 Å². The summed E-state index contributed by atoms with van der Waals surface area (Å²) in [6, 6.07) is 2.23. The van der Waals surface area contributed by atoms with Gasteiger partial charge in [-0.25, -0.2) is 0 Å². The Morgan fingerprint density at radius 1 is 1.36 bits per heavy atom. The smallest absolute Gasteiger partial charge is 0.236 e. The Morgan fingerprint density at radius 3 is 2.36 bits per heavy atom. The highest BCUT2D eigenvalue weighted by Gasteiger charge is 2.31. The van der Waals surface area contributed by atoms with Gasteiger partial charge in [0.2, 0.25) is 5.91 Å². The number of hydrogen-bond acceptors (Lipinski definition) is 2. The summed E-state index contributed by atoms with van der Waals surface area (Å²) >= 11 is 5.41. The summed E-state index contributed by atoms with van der Waals surface area (Å²) in [4.78, 5) is 11.2. The Labute approximate surface area is 89.4 Å². The molecular formula is C10H15ClN2O. The molecule has 1 saturated carbocycles. The van der Waals surface area contributed by atoms with Crippen LogP contribution in [0.5, 0.6) is 0 Å². The summed E-state index contributed by atoms with van der Waals surface area (Å²) in [5, 5.41) is 11.8. The number of alkyl halides is 1. The van der Waals surface area contributed by atoms with Crippen LogP contribution in [0, 0.1) is 11.3 Å². The summed E-state index contributed by atoms with van der Waals surface area (Å²) in [5.74, 6) is -0.307. The van der Waals surface area contributed by atoms with Gasteiger partial charge in [0.1, 0.15) is 11.4 Å². The minimum absolute atomic E-state index is 0.0660. The van der Waals surface area contributed by atoms with Crippen LogP contribution in [0.25, 0.3) is 0 Å². The van der Waals surface area contributed by atoms with Gasteiger partial charge in [0, 0.05) is 0 Å².